The number of rotatable bonds is 22. The number of guanidine groups is 3. The van der Waals surface area contributed by atoms with Crippen LogP contribution in [0.5, 0.6) is 0 Å². The van der Waals surface area contributed by atoms with Crippen LogP contribution in [0.1, 0.15) is 61.8 Å². The Bertz CT molecular complexity index is 1660. The van der Waals surface area contributed by atoms with Gasteiger partial charge in [0, 0.05) is 25.2 Å². The molecule has 294 valence electrons. The molecular formula is C35H55N15O4. The van der Waals surface area contributed by atoms with Crippen LogP contribution in [-0.2, 0) is 38.7 Å². The van der Waals surface area contributed by atoms with Crippen LogP contribution in [0, 0.1) is 11.3 Å². The molecule has 3 atom stereocenters. The molecule has 19 heteroatoms. The lowest BCUT2D eigenvalue weighted by Crippen LogP contribution is -2.58. The van der Waals surface area contributed by atoms with Gasteiger partial charge in [0.15, 0.2) is 17.9 Å². The van der Waals surface area contributed by atoms with Gasteiger partial charge in [-0.05, 0) is 48.3 Å². The Morgan fingerprint density at radius 2 is 1.22 bits per heavy atom. The Balaban J connectivity index is 2.21. The second kappa shape index (κ2) is 22.5. The first kappa shape index (κ1) is 43.8. The SMILES string of the molecule is CC(C)[C@H](NC(=O)[C@H](CCCN=C(N)N)NC(=O)Cc1cccc(CN=C(N)N)c1)C(=O)N[C@@H](CCCN=C(N)N)C(=O)NCc1ccc(C(=N)N)cc1. The maximum atomic E-state index is 13.7. The number of hydrogen-bond donors (Lipinski definition) is 12. The van der Waals surface area contributed by atoms with Crippen LogP contribution in [0.3, 0.4) is 0 Å². The van der Waals surface area contributed by atoms with Gasteiger partial charge in [0.2, 0.25) is 23.6 Å². The fraction of sp³-hybridized carbons (Fsp3) is 0.429. The summed E-state index contributed by atoms with van der Waals surface area (Å²) >= 11 is 0. The van der Waals surface area contributed by atoms with Crippen LogP contribution < -0.4 is 61.4 Å². The first-order valence-corrected chi connectivity index (χ1v) is 17.4. The fourth-order valence-electron chi connectivity index (χ4n) is 5.16. The third kappa shape index (κ3) is 16.7. The van der Waals surface area contributed by atoms with E-state index >= 15 is 0 Å². The molecule has 0 aliphatic rings. The molecule has 0 spiro atoms. The normalized spacial score (nSPS) is 12.3. The molecule has 0 radical (unpaired) electrons. The van der Waals surface area contributed by atoms with Crippen molar-refractivity contribution >= 4 is 47.3 Å². The van der Waals surface area contributed by atoms with E-state index in [2.05, 4.69) is 36.2 Å². The predicted molar refractivity (Wildman–Crippen MR) is 209 cm³/mol. The van der Waals surface area contributed by atoms with Crippen LogP contribution in [0.2, 0.25) is 0 Å². The number of carbonyl (C=O) groups is 4. The number of nitrogens with two attached hydrogens (primary N) is 7. The maximum absolute atomic E-state index is 13.7. The minimum Gasteiger partial charge on any atom is -0.384 e. The van der Waals surface area contributed by atoms with Crippen molar-refractivity contribution < 1.29 is 19.2 Å². The molecule has 2 rings (SSSR count). The maximum Gasteiger partial charge on any atom is 0.243 e. The quantitative estimate of drug-likeness (QED) is 0.0349. The highest BCUT2D eigenvalue weighted by atomic mass is 16.2. The van der Waals surface area contributed by atoms with Crippen molar-refractivity contribution in [1.82, 2.24) is 21.3 Å². The Labute approximate surface area is 314 Å². The molecule has 19 N–H and O–H groups in total. The van der Waals surface area contributed by atoms with Gasteiger partial charge in [-0.15, -0.1) is 0 Å². The zero-order valence-electron chi connectivity index (χ0n) is 30.8. The largest absolute Gasteiger partial charge is 0.384 e. The van der Waals surface area contributed by atoms with E-state index in [-0.39, 0.29) is 69.2 Å². The Kier molecular flexibility index (Phi) is 18.2. The number of hydrogen-bond acceptors (Lipinski definition) is 8. The fourth-order valence-corrected chi connectivity index (χ4v) is 5.16. The average Bonchev–Trinajstić information content (AvgIpc) is 3.10. The molecule has 0 aliphatic heterocycles. The summed E-state index contributed by atoms with van der Waals surface area (Å²) in [5, 5.41) is 18.7. The average molecular weight is 750 g/mol. The van der Waals surface area contributed by atoms with Crippen LogP contribution >= 0.6 is 0 Å². The number of amidine groups is 1. The van der Waals surface area contributed by atoms with E-state index in [0.717, 1.165) is 11.1 Å². The second-order valence-electron chi connectivity index (χ2n) is 12.9. The van der Waals surface area contributed by atoms with Crippen LogP contribution in [0.4, 0.5) is 0 Å². The number of nitrogens with one attached hydrogen (secondary N) is 5. The summed E-state index contributed by atoms with van der Waals surface area (Å²) in [5.74, 6) is -2.88. The van der Waals surface area contributed by atoms with Gasteiger partial charge in [-0.2, -0.15) is 0 Å². The topological polar surface area (TPSA) is 359 Å². The van der Waals surface area contributed by atoms with Crippen molar-refractivity contribution in [2.24, 2.45) is 61.0 Å². The molecule has 19 nitrogen and oxygen atoms in total. The van der Waals surface area contributed by atoms with Crippen LogP contribution in [0.25, 0.3) is 0 Å². The highest BCUT2D eigenvalue weighted by molar-refractivity contribution is 5.95. The van der Waals surface area contributed by atoms with Gasteiger partial charge in [-0.3, -0.25) is 34.6 Å². The third-order valence-electron chi connectivity index (χ3n) is 7.95. The van der Waals surface area contributed by atoms with E-state index < -0.39 is 47.7 Å². The van der Waals surface area contributed by atoms with Gasteiger partial charge in [-0.25, -0.2) is 4.99 Å². The minimum absolute atomic E-state index is 0.0427. The molecule has 0 bridgehead atoms. The number of nitrogens with zero attached hydrogens (tertiary/aromatic N) is 3. The van der Waals surface area contributed by atoms with Gasteiger partial charge >= 0.3 is 0 Å². The summed E-state index contributed by atoms with van der Waals surface area (Å²) in [5.41, 5.74) is 40.9. The Morgan fingerprint density at radius 3 is 1.76 bits per heavy atom. The molecule has 0 fully saturated rings. The van der Waals surface area contributed by atoms with Crippen molar-refractivity contribution in [2.75, 3.05) is 13.1 Å². The third-order valence-corrected chi connectivity index (χ3v) is 7.95. The number of carbonyl (C=O) groups excluding carboxylic acids is 4. The van der Waals surface area contributed by atoms with E-state index in [1.807, 2.05) is 6.07 Å². The molecule has 0 aromatic heterocycles. The van der Waals surface area contributed by atoms with E-state index in [4.69, 9.17) is 45.5 Å². The molecule has 0 saturated heterocycles. The molecule has 0 saturated carbocycles. The lowest BCUT2D eigenvalue weighted by molar-refractivity contribution is -0.134. The zero-order valence-corrected chi connectivity index (χ0v) is 30.8. The summed E-state index contributed by atoms with van der Waals surface area (Å²) in [6.07, 6.45) is 1.02. The van der Waals surface area contributed by atoms with Gasteiger partial charge in [0.05, 0.1) is 13.0 Å². The Morgan fingerprint density at radius 1 is 0.667 bits per heavy atom. The van der Waals surface area contributed by atoms with E-state index in [1.165, 1.54) is 0 Å². The smallest absolute Gasteiger partial charge is 0.243 e. The number of amides is 4. The van der Waals surface area contributed by atoms with Crippen molar-refractivity contribution in [2.45, 2.75) is 77.2 Å². The van der Waals surface area contributed by atoms with Gasteiger partial charge < -0.3 is 61.4 Å². The number of aliphatic imine (C=N–C) groups is 3. The zero-order chi connectivity index (χ0) is 40.2. The highest BCUT2D eigenvalue weighted by Crippen LogP contribution is 2.11. The summed E-state index contributed by atoms with van der Waals surface area (Å²) in [6.45, 7) is 4.29. The Hall–Kier alpha value is -6.40. The first-order chi connectivity index (χ1) is 25.5. The molecule has 4 amide bonds. The van der Waals surface area contributed by atoms with Crippen molar-refractivity contribution in [3.63, 3.8) is 0 Å². The molecule has 2 aromatic carbocycles. The summed E-state index contributed by atoms with van der Waals surface area (Å²) in [6, 6.07) is 10.8. The van der Waals surface area contributed by atoms with Crippen LogP contribution in [-0.4, -0.2) is 78.6 Å². The van der Waals surface area contributed by atoms with E-state index in [9.17, 15) is 19.2 Å². The lowest BCUT2D eigenvalue weighted by atomic mass is 10.0. The molecule has 54 heavy (non-hydrogen) atoms. The van der Waals surface area contributed by atoms with Gasteiger partial charge in [-0.1, -0.05) is 62.4 Å². The van der Waals surface area contributed by atoms with Gasteiger partial charge in [0.1, 0.15) is 24.0 Å². The highest BCUT2D eigenvalue weighted by Gasteiger charge is 2.31. The lowest BCUT2D eigenvalue weighted by Gasteiger charge is -2.27. The van der Waals surface area contributed by atoms with E-state index in [1.54, 1.807) is 56.3 Å². The standard InChI is InChI=1S/C35H55N15O4/c1-20(2)28(32(54)49-25(8-4-14-44-33(38)39)30(52)46-18-21-10-12-24(13-11-21)29(36)37)50-31(53)26(9-5-15-45-34(40)41)48-27(51)17-22-6-3-7-23(16-22)19-47-35(42)43/h3,6-7,10-13,16,20,25-26,28H,4-5,8-9,14-15,17-19H2,1-2H3,(H3,36,37)(H,46,52)(H,48,51)(H,49,54)(H,50,53)(H4,38,39,44)(H4,40,41,45)(H4,42,43,47)/t25-,26-,28-/m0/s1. The van der Waals surface area contributed by atoms with Crippen LogP contribution in [0.15, 0.2) is 63.5 Å². The van der Waals surface area contributed by atoms with Gasteiger partial charge in [0.25, 0.3) is 0 Å². The molecule has 0 heterocycles. The summed E-state index contributed by atoms with van der Waals surface area (Å²) < 4.78 is 0. The first-order valence-electron chi connectivity index (χ1n) is 17.4. The number of nitrogen functional groups attached to an aromatic ring is 1. The molecular weight excluding hydrogens is 694 g/mol. The molecule has 2 aromatic rings. The minimum atomic E-state index is -1.08. The van der Waals surface area contributed by atoms with Crippen molar-refractivity contribution in [1.29, 1.82) is 5.41 Å². The summed E-state index contributed by atoms with van der Waals surface area (Å²) in [4.78, 5) is 66.0. The second-order valence-corrected chi connectivity index (χ2v) is 12.9. The predicted octanol–water partition coefficient (Wildman–Crippen LogP) is -2.18. The summed E-state index contributed by atoms with van der Waals surface area (Å²) in [7, 11) is 0. The number of benzene rings is 2. The molecule has 0 unspecified atom stereocenters. The van der Waals surface area contributed by atoms with Crippen molar-refractivity contribution in [3.8, 4) is 0 Å². The van der Waals surface area contributed by atoms with Crippen molar-refractivity contribution in [3.05, 3.63) is 70.8 Å². The monoisotopic (exact) mass is 749 g/mol. The van der Waals surface area contributed by atoms with E-state index in [0.29, 0.717) is 24.0 Å². The molecule has 0 aliphatic carbocycles.